The van der Waals surface area contributed by atoms with Crippen molar-refractivity contribution < 1.29 is 23.4 Å². The molecule has 0 aromatic heterocycles. The summed E-state index contributed by atoms with van der Waals surface area (Å²) >= 11 is 0. The predicted molar refractivity (Wildman–Crippen MR) is 70.0 cm³/mol. The molecule has 108 valence electrons. The number of carbonyl (C=O) groups excluding carboxylic acids is 1. The smallest absolute Gasteiger partial charge is 0.300 e. The van der Waals surface area contributed by atoms with Crippen LogP contribution >= 0.6 is 0 Å². The van der Waals surface area contributed by atoms with Gasteiger partial charge >= 0.3 is 5.97 Å². The SMILES string of the molecule is CCCCCCCCCS(=O)(=O)C(C)C(=O)OO. The Morgan fingerprint density at radius 1 is 1.11 bits per heavy atom. The largest absolute Gasteiger partial charge is 0.359 e. The van der Waals surface area contributed by atoms with Gasteiger partial charge in [-0.1, -0.05) is 45.4 Å². The van der Waals surface area contributed by atoms with E-state index in [0.717, 1.165) is 19.3 Å². The fraction of sp³-hybridized carbons (Fsp3) is 0.917. The van der Waals surface area contributed by atoms with Crippen molar-refractivity contribution in [1.82, 2.24) is 0 Å². The first-order valence-corrected chi connectivity index (χ1v) is 8.24. The van der Waals surface area contributed by atoms with Crippen molar-refractivity contribution in [2.24, 2.45) is 0 Å². The molecular weight excluding hydrogens is 256 g/mol. The van der Waals surface area contributed by atoms with E-state index in [1.54, 1.807) is 0 Å². The van der Waals surface area contributed by atoms with E-state index in [0.29, 0.717) is 6.42 Å². The number of hydrogen-bond acceptors (Lipinski definition) is 5. The highest BCUT2D eigenvalue weighted by Gasteiger charge is 2.29. The van der Waals surface area contributed by atoms with Crippen molar-refractivity contribution in [3.63, 3.8) is 0 Å². The molecule has 5 nitrogen and oxygen atoms in total. The zero-order valence-electron chi connectivity index (χ0n) is 11.2. The van der Waals surface area contributed by atoms with E-state index in [1.807, 2.05) is 0 Å². The fourth-order valence-corrected chi connectivity index (χ4v) is 2.95. The van der Waals surface area contributed by atoms with Crippen LogP contribution < -0.4 is 0 Å². The van der Waals surface area contributed by atoms with Crippen molar-refractivity contribution in [2.45, 2.75) is 64.0 Å². The summed E-state index contributed by atoms with van der Waals surface area (Å²) in [5, 5.41) is 6.86. The molecule has 18 heavy (non-hydrogen) atoms. The summed E-state index contributed by atoms with van der Waals surface area (Å²) in [6.45, 7) is 3.38. The Kier molecular flexibility index (Phi) is 9.01. The molecule has 0 saturated heterocycles. The Morgan fingerprint density at radius 2 is 1.61 bits per heavy atom. The van der Waals surface area contributed by atoms with Crippen LogP contribution in [0.15, 0.2) is 0 Å². The molecule has 0 heterocycles. The zero-order chi connectivity index (χ0) is 14.0. The molecule has 0 saturated carbocycles. The second-order valence-electron chi connectivity index (χ2n) is 4.54. The van der Waals surface area contributed by atoms with E-state index in [2.05, 4.69) is 11.8 Å². The molecule has 0 aliphatic rings. The molecular formula is C12H24O5S. The van der Waals surface area contributed by atoms with E-state index in [-0.39, 0.29) is 5.75 Å². The Bertz CT molecular complexity index is 323. The maximum atomic E-state index is 11.7. The number of hydrogen-bond donors (Lipinski definition) is 1. The maximum Gasteiger partial charge on any atom is 0.359 e. The van der Waals surface area contributed by atoms with Crippen molar-refractivity contribution in [2.75, 3.05) is 5.75 Å². The minimum atomic E-state index is -3.50. The first kappa shape index (κ1) is 17.4. The Labute approximate surface area is 109 Å². The van der Waals surface area contributed by atoms with Crippen LogP contribution in [0.3, 0.4) is 0 Å². The second kappa shape index (κ2) is 9.33. The molecule has 0 amide bonds. The molecule has 0 aromatic carbocycles. The predicted octanol–water partition coefficient (Wildman–Crippen LogP) is 2.56. The summed E-state index contributed by atoms with van der Waals surface area (Å²) in [5.41, 5.74) is 0. The van der Waals surface area contributed by atoms with Gasteiger partial charge in [0.15, 0.2) is 15.1 Å². The van der Waals surface area contributed by atoms with E-state index in [4.69, 9.17) is 5.26 Å². The maximum absolute atomic E-state index is 11.7. The third-order valence-corrected chi connectivity index (χ3v) is 5.12. The van der Waals surface area contributed by atoms with Crippen LogP contribution in [0, 0.1) is 0 Å². The molecule has 0 aliphatic heterocycles. The molecule has 0 rings (SSSR count). The quantitative estimate of drug-likeness (QED) is 0.378. The van der Waals surface area contributed by atoms with Crippen LogP contribution in [0.25, 0.3) is 0 Å². The van der Waals surface area contributed by atoms with Gasteiger partial charge in [0.25, 0.3) is 0 Å². The van der Waals surface area contributed by atoms with Gasteiger partial charge < -0.3 is 0 Å². The van der Waals surface area contributed by atoms with E-state index in [9.17, 15) is 13.2 Å². The van der Waals surface area contributed by atoms with Crippen LogP contribution in [0.4, 0.5) is 0 Å². The average Bonchev–Trinajstić information content (AvgIpc) is 2.35. The van der Waals surface area contributed by atoms with Gasteiger partial charge in [-0.15, -0.1) is 0 Å². The minimum Gasteiger partial charge on any atom is -0.300 e. The topological polar surface area (TPSA) is 80.7 Å². The highest BCUT2D eigenvalue weighted by atomic mass is 32.2. The lowest BCUT2D eigenvalue weighted by Gasteiger charge is -2.09. The monoisotopic (exact) mass is 280 g/mol. The van der Waals surface area contributed by atoms with Gasteiger partial charge in [-0.2, -0.15) is 5.26 Å². The lowest BCUT2D eigenvalue weighted by Crippen LogP contribution is -2.30. The van der Waals surface area contributed by atoms with Crippen molar-refractivity contribution >= 4 is 15.8 Å². The van der Waals surface area contributed by atoms with Gasteiger partial charge in [0, 0.05) is 0 Å². The van der Waals surface area contributed by atoms with E-state index in [1.165, 1.54) is 26.2 Å². The first-order chi connectivity index (χ1) is 8.45. The summed E-state index contributed by atoms with van der Waals surface area (Å²) in [6, 6.07) is 0. The van der Waals surface area contributed by atoms with Crippen LogP contribution in [-0.4, -0.2) is 30.6 Å². The summed E-state index contributed by atoms with van der Waals surface area (Å²) < 4.78 is 23.3. The van der Waals surface area contributed by atoms with Gasteiger partial charge in [-0.25, -0.2) is 13.2 Å². The van der Waals surface area contributed by atoms with Gasteiger partial charge in [-0.3, -0.25) is 4.89 Å². The van der Waals surface area contributed by atoms with Crippen molar-refractivity contribution in [1.29, 1.82) is 0 Å². The molecule has 1 unspecified atom stereocenters. The Balaban J connectivity index is 3.81. The second-order valence-corrected chi connectivity index (χ2v) is 6.98. The zero-order valence-corrected chi connectivity index (χ0v) is 12.0. The average molecular weight is 280 g/mol. The van der Waals surface area contributed by atoms with Crippen LogP contribution in [0.5, 0.6) is 0 Å². The number of carbonyl (C=O) groups is 1. The molecule has 0 radical (unpaired) electrons. The van der Waals surface area contributed by atoms with Crippen molar-refractivity contribution in [3.8, 4) is 0 Å². The standard InChI is InChI=1S/C12H24O5S/c1-3-4-5-6-7-8-9-10-18(15,16)11(2)12(13)17-14/h11,14H,3-10H2,1-2H3. The fourth-order valence-electron chi connectivity index (χ4n) is 1.66. The van der Waals surface area contributed by atoms with E-state index < -0.39 is 21.1 Å². The molecule has 0 aliphatic carbocycles. The lowest BCUT2D eigenvalue weighted by atomic mass is 10.1. The van der Waals surface area contributed by atoms with Crippen LogP contribution in [-0.2, 0) is 19.5 Å². The van der Waals surface area contributed by atoms with Crippen LogP contribution in [0.2, 0.25) is 0 Å². The van der Waals surface area contributed by atoms with Gasteiger partial charge in [0.05, 0.1) is 5.75 Å². The molecule has 0 spiro atoms. The van der Waals surface area contributed by atoms with E-state index >= 15 is 0 Å². The summed E-state index contributed by atoms with van der Waals surface area (Å²) in [4.78, 5) is 14.4. The van der Waals surface area contributed by atoms with Gasteiger partial charge in [-0.05, 0) is 13.3 Å². The number of sulfone groups is 1. The van der Waals surface area contributed by atoms with Gasteiger partial charge in [0.2, 0.25) is 0 Å². The van der Waals surface area contributed by atoms with Gasteiger partial charge in [0.1, 0.15) is 0 Å². The van der Waals surface area contributed by atoms with Crippen molar-refractivity contribution in [3.05, 3.63) is 0 Å². The third kappa shape index (κ3) is 6.96. The Hall–Kier alpha value is -0.620. The highest BCUT2D eigenvalue weighted by molar-refractivity contribution is 7.92. The Morgan fingerprint density at radius 3 is 2.11 bits per heavy atom. The number of rotatable bonds is 10. The molecule has 6 heteroatoms. The van der Waals surface area contributed by atoms with Crippen LogP contribution in [0.1, 0.15) is 58.8 Å². The molecule has 1 atom stereocenters. The normalized spacial score (nSPS) is 13.3. The summed E-state index contributed by atoms with van der Waals surface area (Å²) in [5.74, 6) is -1.14. The summed E-state index contributed by atoms with van der Waals surface area (Å²) in [7, 11) is -3.50. The summed E-state index contributed by atoms with van der Waals surface area (Å²) in [6.07, 6.45) is 7.15. The lowest BCUT2D eigenvalue weighted by molar-refractivity contribution is -0.233. The minimum absolute atomic E-state index is 0.0307. The highest BCUT2D eigenvalue weighted by Crippen LogP contribution is 2.11. The molecule has 0 bridgehead atoms. The molecule has 0 fully saturated rings. The molecule has 0 aromatic rings. The third-order valence-electron chi connectivity index (χ3n) is 2.99. The molecule has 1 N–H and O–H groups in total. The number of unbranched alkanes of at least 4 members (excludes halogenated alkanes) is 6. The first-order valence-electron chi connectivity index (χ1n) is 6.52.